The van der Waals surface area contributed by atoms with Crippen LogP contribution in [0.5, 0.6) is 0 Å². The number of carbonyl (C=O) groups excluding carboxylic acids is 1. The predicted molar refractivity (Wildman–Crippen MR) is 85.2 cm³/mol. The number of hydrogen-bond acceptors (Lipinski definition) is 6. The zero-order chi connectivity index (χ0) is 16.1. The van der Waals surface area contributed by atoms with E-state index in [1.807, 2.05) is 0 Å². The molecule has 128 valence electrons. The molecule has 2 aliphatic rings. The lowest BCUT2D eigenvalue weighted by molar-refractivity contribution is 0.0359. The largest absolute Gasteiger partial charge is 0.396 e. The van der Waals surface area contributed by atoms with Gasteiger partial charge in [0.15, 0.2) is 5.69 Å². The number of anilines is 1. The van der Waals surface area contributed by atoms with E-state index in [9.17, 15) is 4.79 Å². The molecule has 3 N–H and O–H groups in total. The molecule has 0 bridgehead atoms. The van der Waals surface area contributed by atoms with Gasteiger partial charge in [-0.05, 0) is 12.8 Å². The van der Waals surface area contributed by atoms with Crippen molar-refractivity contribution >= 4 is 11.6 Å². The van der Waals surface area contributed by atoms with E-state index >= 15 is 0 Å². The van der Waals surface area contributed by atoms with Crippen molar-refractivity contribution in [1.82, 2.24) is 20.0 Å². The van der Waals surface area contributed by atoms with Crippen LogP contribution < -0.4 is 11.1 Å². The van der Waals surface area contributed by atoms with E-state index in [2.05, 4.69) is 15.3 Å². The van der Waals surface area contributed by atoms with Crippen molar-refractivity contribution in [1.29, 1.82) is 0 Å². The molecular formula is C15H25N5O3. The zero-order valence-electron chi connectivity index (χ0n) is 13.4. The molecule has 1 aromatic rings. The molecule has 0 unspecified atom stereocenters. The number of morpholine rings is 1. The van der Waals surface area contributed by atoms with Crippen molar-refractivity contribution in [3.05, 3.63) is 11.9 Å². The molecule has 0 saturated carbocycles. The Morgan fingerprint density at radius 1 is 1.22 bits per heavy atom. The second-order valence-electron chi connectivity index (χ2n) is 6.01. The molecule has 8 nitrogen and oxygen atoms in total. The fourth-order valence-corrected chi connectivity index (χ4v) is 2.89. The average molecular weight is 323 g/mol. The Morgan fingerprint density at radius 3 is 2.65 bits per heavy atom. The highest BCUT2D eigenvalue weighted by molar-refractivity contribution is 5.97. The molecule has 0 atom stereocenters. The summed E-state index contributed by atoms with van der Waals surface area (Å²) in [6.07, 6.45) is 3.41. The normalized spacial score (nSPS) is 20.5. The maximum absolute atomic E-state index is 12.3. The lowest BCUT2D eigenvalue weighted by atomic mass is 10.1. The Bertz CT molecular complexity index is 521. The van der Waals surface area contributed by atoms with Crippen molar-refractivity contribution in [3.63, 3.8) is 0 Å². The fraction of sp³-hybridized carbons (Fsp3) is 0.733. The number of aromatic nitrogens is 2. The molecule has 0 radical (unpaired) electrons. The van der Waals surface area contributed by atoms with Crippen LogP contribution >= 0.6 is 0 Å². The van der Waals surface area contributed by atoms with Crippen molar-refractivity contribution in [2.45, 2.75) is 25.4 Å². The van der Waals surface area contributed by atoms with Crippen LogP contribution in [0.2, 0.25) is 0 Å². The van der Waals surface area contributed by atoms with Crippen LogP contribution in [0.25, 0.3) is 0 Å². The minimum Gasteiger partial charge on any atom is -0.396 e. The van der Waals surface area contributed by atoms with Crippen LogP contribution in [-0.4, -0.2) is 72.7 Å². The van der Waals surface area contributed by atoms with Crippen molar-refractivity contribution in [2.24, 2.45) is 0 Å². The lowest BCUT2D eigenvalue weighted by Gasteiger charge is -2.26. The summed E-state index contributed by atoms with van der Waals surface area (Å²) in [6, 6.07) is 0.147. The summed E-state index contributed by atoms with van der Waals surface area (Å²) in [5, 5.41) is 7.34. The van der Waals surface area contributed by atoms with Crippen molar-refractivity contribution < 1.29 is 14.3 Å². The summed E-state index contributed by atoms with van der Waals surface area (Å²) < 4.78 is 12.4. The van der Waals surface area contributed by atoms with Gasteiger partial charge in [-0.1, -0.05) is 0 Å². The van der Waals surface area contributed by atoms with Gasteiger partial charge in [0, 0.05) is 45.1 Å². The number of rotatable bonds is 5. The van der Waals surface area contributed by atoms with Crippen molar-refractivity contribution in [2.75, 3.05) is 51.8 Å². The molecule has 3 heterocycles. The van der Waals surface area contributed by atoms with Crippen LogP contribution in [0.1, 0.15) is 23.3 Å². The van der Waals surface area contributed by atoms with E-state index in [0.29, 0.717) is 24.6 Å². The monoisotopic (exact) mass is 323 g/mol. The first kappa shape index (κ1) is 16.2. The van der Waals surface area contributed by atoms with E-state index in [1.165, 1.54) is 0 Å². The minimum absolute atomic E-state index is 0.147. The third-order valence-electron chi connectivity index (χ3n) is 4.31. The van der Waals surface area contributed by atoms with E-state index in [4.69, 9.17) is 15.2 Å². The van der Waals surface area contributed by atoms with Gasteiger partial charge in [-0.3, -0.25) is 14.4 Å². The van der Waals surface area contributed by atoms with Gasteiger partial charge < -0.3 is 20.5 Å². The third kappa shape index (κ3) is 4.43. The zero-order valence-corrected chi connectivity index (χ0v) is 13.4. The van der Waals surface area contributed by atoms with Crippen LogP contribution in [-0.2, 0) is 16.0 Å². The Morgan fingerprint density at radius 2 is 1.91 bits per heavy atom. The van der Waals surface area contributed by atoms with Crippen LogP contribution in [0.4, 0.5) is 5.69 Å². The highest BCUT2D eigenvalue weighted by Crippen LogP contribution is 2.12. The number of carbonyl (C=O) groups is 1. The molecule has 2 fully saturated rings. The third-order valence-corrected chi connectivity index (χ3v) is 4.31. The Kier molecular flexibility index (Phi) is 5.47. The summed E-state index contributed by atoms with van der Waals surface area (Å²) in [5.41, 5.74) is 6.70. The first-order valence-electron chi connectivity index (χ1n) is 8.24. The Hall–Kier alpha value is -1.64. The molecule has 0 aromatic carbocycles. The molecule has 1 amide bonds. The van der Waals surface area contributed by atoms with E-state index in [1.54, 1.807) is 10.9 Å². The standard InChI is InChI=1S/C15H25N5O3/c16-13-11-20(4-3-19-5-9-23-10-6-19)18-14(13)15(21)17-12-1-7-22-8-2-12/h11-12H,1-10,16H2,(H,17,21). The van der Waals surface area contributed by atoms with Gasteiger partial charge >= 0.3 is 0 Å². The molecule has 8 heteroatoms. The van der Waals surface area contributed by atoms with E-state index in [-0.39, 0.29) is 11.9 Å². The molecule has 23 heavy (non-hydrogen) atoms. The van der Waals surface area contributed by atoms with Gasteiger partial charge in [0.25, 0.3) is 5.91 Å². The number of nitrogen functional groups attached to an aromatic ring is 1. The summed E-state index contributed by atoms with van der Waals surface area (Å²) >= 11 is 0. The highest BCUT2D eigenvalue weighted by Gasteiger charge is 2.21. The number of ether oxygens (including phenoxy) is 2. The smallest absolute Gasteiger partial charge is 0.274 e. The highest BCUT2D eigenvalue weighted by atomic mass is 16.5. The Labute approximate surface area is 135 Å². The molecule has 0 aliphatic carbocycles. The fourth-order valence-electron chi connectivity index (χ4n) is 2.89. The summed E-state index contributed by atoms with van der Waals surface area (Å²) in [7, 11) is 0. The molecule has 0 spiro atoms. The van der Waals surface area contributed by atoms with Gasteiger partial charge in [-0.2, -0.15) is 5.10 Å². The number of nitrogens with zero attached hydrogens (tertiary/aromatic N) is 3. The first-order valence-corrected chi connectivity index (χ1v) is 8.24. The number of hydrogen-bond donors (Lipinski definition) is 2. The van der Waals surface area contributed by atoms with E-state index < -0.39 is 0 Å². The lowest BCUT2D eigenvalue weighted by Crippen LogP contribution is -2.39. The molecule has 3 rings (SSSR count). The molecule has 2 saturated heterocycles. The number of amides is 1. The van der Waals surface area contributed by atoms with Gasteiger partial charge in [0.05, 0.1) is 25.4 Å². The second kappa shape index (κ2) is 7.76. The van der Waals surface area contributed by atoms with Gasteiger partial charge in [-0.25, -0.2) is 0 Å². The van der Waals surface area contributed by atoms with Crippen LogP contribution in [0.15, 0.2) is 6.20 Å². The molecule has 1 aromatic heterocycles. The maximum atomic E-state index is 12.3. The number of nitrogens with one attached hydrogen (secondary N) is 1. The molecular weight excluding hydrogens is 298 g/mol. The summed E-state index contributed by atoms with van der Waals surface area (Å²) in [6.45, 7) is 6.41. The quantitative estimate of drug-likeness (QED) is 0.773. The first-order chi connectivity index (χ1) is 11.2. The SMILES string of the molecule is Nc1cn(CCN2CCOCC2)nc1C(=O)NC1CCOCC1. The molecule has 2 aliphatic heterocycles. The maximum Gasteiger partial charge on any atom is 0.274 e. The topological polar surface area (TPSA) is 94.6 Å². The Balaban J connectivity index is 1.53. The van der Waals surface area contributed by atoms with Crippen LogP contribution in [0, 0.1) is 0 Å². The summed E-state index contributed by atoms with van der Waals surface area (Å²) in [5.74, 6) is -0.195. The van der Waals surface area contributed by atoms with Gasteiger partial charge in [0.2, 0.25) is 0 Å². The van der Waals surface area contributed by atoms with Crippen molar-refractivity contribution in [3.8, 4) is 0 Å². The predicted octanol–water partition coefficient (Wildman–Crippen LogP) is -0.294. The minimum atomic E-state index is -0.195. The second-order valence-corrected chi connectivity index (χ2v) is 6.01. The number of nitrogens with two attached hydrogens (primary N) is 1. The van der Waals surface area contributed by atoms with Crippen LogP contribution in [0.3, 0.4) is 0 Å². The van der Waals surface area contributed by atoms with E-state index in [0.717, 1.165) is 52.2 Å². The summed E-state index contributed by atoms with van der Waals surface area (Å²) in [4.78, 5) is 14.6. The van der Waals surface area contributed by atoms with Gasteiger partial charge in [-0.15, -0.1) is 0 Å². The van der Waals surface area contributed by atoms with Gasteiger partial charge in [0.1, 0.15) is 0 Å². The average Bonchev–Trinajstić information content (AvgIpc) is 2.96.